The van der Waals surface area contributed by atoms with Gasteiger partial charge in [-0.15, -0.1) is 0 Å². The number of fused-ring (bicyclic) bond motifs is 1. The van der Waals surface area contributed by atoms with E-state index in [9.17, 15) is 40.5 Å². The Kier molecular flexibility index (Phi) is 6.25. The molecule has 4 rings (SSSR count). The van der Waals surface area contributed by atoms with Crippen LogP contribution >= 0.6 is 0 Å². The molecule has 0 amide bonds. The Balaban J connectivity index is 1.81. The topological polar surface area (TPSA) is 200 Å². The molecule has 1 saturated heterocycles. The first-order chi connectivity index (χ1) is 16.2. The fourth-order valence-corrected chi connectivity index (χ4v) is 3.69. The Bertz CT molecular complexity index is 1270. The molecule has 1 aromatic heterocycles. The molecule has 0 bridgehead atoms. The SMILES string of the molecule is COc1cc(-c2coc3c(O[C@@H]4O[C@H](CO)[C@@H](O)[C@H](O)[C@H]4O)c(O)cc(O)c3c2=O)ccc1O. The summed E-state index contributed by atoms with van der Waals surface area (Å²) in [6.07, 6.45) is -7.10. The Hall–Kier alpha value is -3.55. The van der Waals surface area contributed by atoms with Crippen molar-refractivity contribution in [3.8, 4) is 39.9 Å². The summed E-state index contributed by atoms with van der Waals surface area (Å²) in [5.74, 6) is -1.86. The first-order valence-corrected chi connectivity index (χ1v) is 10.0. The number of phenolic OH excluding ortho intramolecular Hbond substituents is 3. The third-order valence-corrected chi connectivity index (χ3v) is 5.54. The number of methoxy groups -OCH3 is 1. The molecule has 2 heterocycles. The molecule has 12 heteroatoms. The Morgan fingerprint density at radius 1 is 0.971 bits per heavy atom. The lowest BCUT2D eigenvalue weighted by molar-refractivity contribution is -0.277. The van der Waals surface area contributed by atoms with Gasteiger partial charge in [-0.1, -0.05) is 6.07 Å². The quantitative estimate of drug-likeness (QED) is 0.254. The molecular formula is C22H22O12. The predicted molar refractivity (Wildman–Crippen MR) is 114 cm³/mol. The summed E-state index contributed by atoms with van der Waals surface area (Å²) < 4.78 is 21.3. The minimum absolute atomic E-state index is 0.00872. The van der Waals surface area contributed by atoms with Crippen molar-refractivity contribution in [1.82, 2.24) is 0 Å². The summed E-state index contributed by atoms with van der Waals surface area (Å²) in [5.41, 5.74) is -0.821. The van der Waals surface area contributed by atoms with Crippen LogP contribution in [0.15, 0.2) is 39.7 Å². The second kappa shape index (κ2) is 9.00. The summed E-state index contributed by atoms with van der Waals surface area (Å²) in [6, 6.07) is 4.94. The molecule has 2 aromatic carbocycles. The number of rotatable bonds is 5. The molecule has 12 nitrogen and oxygen atoms in total. The summed E-state index contributed by atoms with van der Waals surface area (Å²) in [5, 5.41) is 69.6. The maximum absolute atomic E-state index is 13.2. The lowest BCUT2D eigenvalue weighted by atomic mass is 9.99. The third-order valence-electron chi connectivity index (χ3n) is 5.54. The fraction of sp³-hybridized carbons (Fsp3) is 0.318. The van der Waals surface area contributed by atoms with Crippen LogP contribution in [0.3, 0.4) is 0 Å². The lowest BCUT2D eigenvalue weighted by Crippen LogP contribution is -2.60. The smallest absolute Gasteiger partial charge is 0.229 e. The number of phenols is 3. The largest absolute Gasteiger partial charge is 0.507 e. The molecule has 0 radical (unpaired) electrons. The molecule has 1 fully saturated rings. The molecule has 182 valence electrons. The zero-order chi connectivity index (χ0) is 24.7. The number of benzene rings is 2. The molecule has 3 aromatic rings. The molecule has 1 aliphatic heterocycles. The second-order valence-corrected chi connectivity index (χ2v) is 7.63. The number of hydrogen-bond acceptors (Lipinski definition) is 12. The van der Waals surface area contributed by atoms with Crippen LogP contribution in [-0.2, 0) is 4.74 Å². The van der Waals surface area contributed by atoms with E-state index >= 15 is 0 Å². The highest BCUT2D eigenvalue weighted by Crippen LogP contribution is 2.42. The highest BCUT2D eigenvalue weighted by atomic mass is 16.7. The van der Waals surface area contributed by atoms with Gasteiger partial charge >= 0.3 is 0 Å². The van der Waals surface area contributed by atoms with Crippen LogP contribution in [0.1, 0.15) is 0 Å². The van der Waals surface area contributed by atoms with E-state index in [1.807, 2.05) is 0 Å². The summed E-state index contributed by atoms with van der Waals surface area (Å²) in [6.45, 7) is -0.707. The van der Waals surface area contributed by atoms with E-state index in [2.05, 4.69) is 0 Å². The average molecular weight is 478 g/mol. The standard InChI is InChI=1S/C22H22O12/c1-31-13-4-8(2-3-10(13)24)9-7-32-21-15(16(9)27)11(25)5-12(26)20(21)34-22-19(30)18(29)17(28)14(6-23)33-22/h2-5,7,14,17-19,22-26,28-30H,6H2,1H3/t14-,17-,18+,19-,22+/m1/s1. The van der Waals surface area contributed by atoms with Gasteiger partial charge in [0, 0.05) is 6.07 Å². The highest BCUT2D eigenvalue weighted by Gasteiger charge is 2.45. The van der Waals surface area contributed by atoms with Crippen molar-refractivity contribution in [2.75, 3.05) is 13.7 Å². The van der Waals surface area contributed by atoms with Crippen LogP contribution in [0.2, 0.25) is 0 Å². The fourth-order valence-electron chi connectivity index (χ4n) is 3.69. The summed E-state index contributed by atoms with van der Waals surface area (Å²) in [7, 11) is 1.33. The lowest BCUT2D eigenvalue weighted by Gasteiger charge is -2.39. The molecule has 0 unspecified atom stereocenters. The van der Waals surface area contributed by atoms with Gasteiger partial charge < -0.3 is 54.4 Å². The van der Waals surface area contributed by atoms with Crippen LogP contribution in [0.25, 0.3) is 22.1 Å². The van der Waals surface area contributed by atoms with Gasteiger partial charge in [0.2, 0.25) is 17.5 Å². The summed E-state index contributed by atoms with van der Waals surface area (Å²) >= 11 is 0. The number of hydrogen-bond donors (Lipinski definition) is 7. The molecule has 0 aliphatic carbocycles. The molecule has 7 N–H and O–H groups in total. The van der Waals surface area contributed by atoms with Crippen LogP contribution in [-0.4, -0.2) is 80.2 Å². The molecule has 0 spiro atoms. The molecule has 1 aliphatic rings. The maximum atomic E-state index is 13.2. The van der Waals surface area contributed by atoms with Crippen molar-refractivity contribution < 1.29 is 54.4 Å². The average Bonchev–Trinajstić information content (AvgIpc) is 2.81. The van der Waals surface area contributed by atoms with Gasteiger partial charge in [0.25, 0.3) is 0 Å². The van der Waals surface area contributed by atoms with E-state index in [0.717, 1.165) is 12.3 Å². The minimum Gasteiger partial charge on any atom is -0.507 e. The molecule has 0 saturated carbocycles. The molecule has 5 atom stereocenters. The molecular weight excluding hydrogens is 456 g/mol. The van der Waals surface area contributed by atoms with E-state index in [4.69, 9.17) is 18.6 Å². The first-order valence-electron chi connectivity index (χ1n) is 10.0. The number of aliphatic hydroxyl groups excluding tert-OH is 4. The Labute approximate surface area is 191 Å². The zero-order valence-corrected chi connectivity index (χ0v) is 17.7. The van der Waals surface area contributed by atoms with Gasteiger partial charge in [-0.05, 0) is 17.7 Å². The van der Waals surface area contributed by atoms with Crippen molar-refractivity contribution in [2.24, 2.45) is 0 Å². The van der Waals surface area contributed by atoms with Crippen molar-refractivity contribution in [3.63, 3.8) is 0 Å². The Morgan fingerprint density at radius 3 is 2.38 bits per heavy atom. The van der Waals surface area contributed by atoms with E-state index in [0.29, 0.717) is 5.56 Å². The van der Waals surface area contributed by atoms with E-state index < -0.39 is 65.6 Å². The van der Waals surface area contributed by atoms with Crippen LogP contribution < -0.4 is 14.9 Å². The van der Waals surface area contributed by atoms with Gasteiger partial charge in [0.05, 0.1) is 19.3 Å². The minimum atomic E-state index is -1.79. The number of ether oxygens (including phenoxy) is 3. The maximum Gasteiger partial charge on any atom is 0.229 e. The van der Waals surface area contributed by atoms with Crippen molar-refractivity contribution >= 4 is 11.0 Å². The predicted octanol–water partition coefficient (Wildman–Crippen LogP) is -0.236. The zero-order valence-electron chi connectivity index (χ0n) is 17.7. The molecule has 34 heavy (non-hydrogen) atoms. The van der Waals surface area contributed by atoms with E-state index in [1.165, 1.54) is 25.3 Å². The number of aromatic hydroxyl groups is 3. The van der Waals surface area contributed by atoms with Crippen molar-refractivity contribution in [1.29, 1.82) is 0 Å². The third kappa shape index (κ3) is 3.87. The normalized spacial score (nSPS) is 24.8. The summed E-state index contributed by atoms with van der Waals surface area (Å²) in [4.78, 5) is 13.2. The second-order valence-electron chi connectivity index (χ2n) is 7.63. The van der Waals surface area contributed by atoms with Crippen LogP contribution in [0.5, 0.6) is 28.7 Å². The van der Waals surface area contributed by atoms with Crippen LogP contribution in [0, 0.1) is 0 Å². The number of aliphatic hydroxyl groups is 4. The van der Waals surface area contributed by atoms with Gasteiger partial charge in [-0.25, -0.2) is 0 Å². The van der Waals surface area contributed by atoms with E-state index in [-0.39, 0.29) is 22.4 Å². The van der Waals surface area contributed by atoms with Crippen molar-refractivity contribution in [3.05, 3.63) is 40.8 Å². The van der Waals surface area contributed by atoms with Gasteiger partial charge in [-0.3, -0.25) is 4.79 Å². The highest BCUT2D eigenvalue weighted by molar-refractivity contribution is 5.93. The first kappa shape index (κ1) is 23.6. The van der Waals surface area contributed by atoms with Gasteiger partial charge in [-0.2, -0.15) is 0 Å². The van der Waals surface area contributed by atoms with E-state index in [1.54, 1.807) is 0 Å². The van der Waals surface area contributed by atoms with Crippen LogP contribution in [0.4, 0.5) is 0 Å². The Morgan fingerprint density at radius 2 is 1.71 bits per heavy atom. The monoisotopic (exact) mass is 478 g/mol. The van der Waals surface area contributed by atoms with Crippen molar-refractivity contribution in [2.45, 2.75) is 30.7 Å². The van der Waals surface area contributed by atoms with Gasteiger partial charge in [0.1, 0.15) is 41.8 Å². The van der Waals surface area contributed by atoms with Gasteiger partial charge in [0.15, 0.2) is 22.8 Å².